The minimum absolute atomic E-state index is 0.116. The normalized spacial score (nSPS) is 14.5. The van der Waals surface area contributed by atoms with E-state index in [4.69, 9.17) is 16.3 Å². The van der Waals surface area contributed by atoms with Gasteiger partial charge >= 0.3 is 0 Å². The van der Waals surface area contributed by atoms with Crippen molar-refractivity contribution >= 4 is 17.5 Å². The van der Waals surface area contributed by atoms with Crippen LogP contribution in [0.1, 0.15) is 5.56 Å². The Hall–Kier alpha value is -2.07. The maximum absolute atomic E-state index is 12.2. The van der Waals surface area contributed by atoms with E-state index in [-0.39, 0.29) is 5.91 Å². The van der Waals surface area contributed by atoms with Crippen LogP contribution >= 0.6 is 11.6 Å². The zero-order valence-electron chi connectivity index (χ0n) is 12.1. The zero-order valence-corrected chi connectivity index (χ0v) is 12.9. The molecule has 0 radical (unpaired) electrons. The van der Waals surface area contributed by atoms with Crippen molar-refractivity contribution in [3.05, 3.63) is 59.4 Å². The van der Waals surface area contributed by atoms with Crippen molar-refractivity contribution in [3.63, 3.8) is 0 Å². The van der Waals surface area contributed by atoms with Crippen molar-refractivity contribution in [2.75, 3.05) is 19.7 Å². The predicted molar refractivity (Wildman–Crippen MR) is 85.0 cm³/mol. The standard InChI is InChI=1S/C17H17ClN2O2/c18-16-6-2-1-4-14(16)8-17(21)20-10-13(11-20)12-22-15-5-3-7-19-9-15/h1-7,9,13H,8,10-12H2. The van der Waals surface area contributed by atoms with E-state index in [9.17, 15) is 4.79 Å². The van der Waals surface area contributed by atoms with Crippen LogP contribution in [0.25, 0.3) is 0 Å². The molecular formula is C17H17ClN2O2. The first-order valence-electron chi connectivity index (χ1n) is 7.26. The number of rotatable bonds is 5. The molecule has 2 heterocycles. The van der Waals surface area contributed by atoms with Gasteiger partial charge in [-0.2, -0.15) is 0 Å². The summed E-state index contributed by atoms with van der Waals surface area (Å²) in [7, 11) is 0. The molecule has 1 aliphatic rings. The van der Waals surface area contributed by atoms with Gasteiger partial charge in [-0.15, -0.1) is 0 Å². The molecule has 0 bridgehead atoms. The maximum Gasteiger partial charge on any atom is 0.227 e. The number of pyridine rings is 1. The van der Waals surface area contributed by atoms with Gasteiger partial charge in [-0.05, 0) is 23.8 Å². The molecule has 0 aliphatic carbocycles. The summed E-state index contributed by atoms with van der Waals surface area (Å²) < 4.78 is 5.65. The first-order chi connectivity index (χ1) is 10.7. The van der Waals surface area contributed by atoms with E-state index in [1.54, 1.807) is 12.4 Å². The van der Waals surface area contributed by atoms with Crippen LogP contribution in [0, 0.1) is 5.92 Å². The molecule has 1 aliphatic heterocycles. The van der Waals surface area contributed by atoms with Gasteiger partial charge in [0.2, 0.25) is 5.91 Å². The van der Waals surface area contributed by atoms with E-state index in [0.29, 0.717) is 24.0 Å². The van der Waals surface area contributed by atoms with E-state index in [1.807, 2.05) is 41.3 Å². The Morgan fingerprint density at radius 1 is 1.27 bits per heavy atom. The zero-order chi connectivity index (χ0) is 15.4. The van der Waals surface area contributed by atoms with Crippen LogP contribution in [0.15, 0.2) is 48.8 Å². The maximum atomic E-state index is 12.2. The Bertz CT molecular complexity index is 642. The smallest absolute Gasteiger partial charge is 0.227 e. The quantitative estimate of drug-likeness (QED) is 0.852. The SMILES string of the molecule is O=C(Cc1ccccc1Cl)N1CC(COc2cccnc2)C1. The van der Waals surface area contributed by atoms with Gasteiger partial charge < -0.3 is 9.64 Å². The summed E-state index contributed by atoms with van der Waals surface area (Å²) in [6.45, 7) is 2.09. The highest BCUT2D eigenvalue weighted by atomic mass is 35.5. The monoisotopic (exact) mass is 316 g/mol. The molecule has 0 N–H and O–H groups in total. The van der Waals surface area contributed by atoms with Gasteiger partial charge in [-0.3, -0.25) is 9.78 Å². The molecule has 1 aromatic heterocycles. The van der Waals surface area contributed by atoms with Crippen molar-refractivity contribution < 1.29 is 9.53 Å². The number of hydrogen-bond donors (Lipinski definition) is 0. The minimum Gasteiger partial charge on any atom is -0.492 e. The van der Waals surface area contributed by atoms with Crippen LogP contribution in [0.3, 0.4) is 0 Å². The summed E-state index contributed by atoms with van der Waals surface area (Å²) in [5.74, 6) is 1.27. The van der Waals surface area contributed by atoms with Crippen molar-refractivity contribution in [3.8, 4) is 5.75 Å². The lowest BCUT2D eigenvalue weighted by atomic mass is 10.00. The van der Waals surface area contributed by atoms with Gasteiger partial charge in [-0.25, -0.2) is 0 Å². The second-order valence-corrected chi connectivity index (χ2v) is 5.84. The third kappa shape index (κ3) is 3.57. The van der Waals surface area contributed by atoms with Crippen LogP contribution in [0.4, 0.5) is 0 Å². The van der Waals surface area contributed by atoms with Gasteiger partial charge in [0.05, 0.1) is 19.2 Å². The summed E-state index contributed by atoms with van der Waals surface area (Å²) in [5, 5.41) is 0.646. The molecule has 0 unspecified atom stereocenters. The lowest BCUT2D eigenvalue weighted by molar-refractivity contribution is -0.137. The molecule has 0 spiro atoms. The Kier molecular flexibility index (Phi) is 4.59. The number of likely N-dealkylation sites (tertiary alicyclic amines) is 1. The molecule has 5 heteroatoms. The van der Waals surface area contributed by atoms with E-state index in [2.05, 4.69) is 4.98 Å². The average Bonchev–Trinajstić information content (AvgIpc) is 2.49. The Morgan fingerprint density at radius 2 is 2.09 bits per heavy atom. The second kappa shape index (κ2) is 6.79. The predicted octanol–water partition coefficient (Wildman–Crippen LogP) is 2.81. The summed E-state index contributed by atoms with van der Waals surface area (Å²) in [6.07, 6.45) is 3.76. The molecular weight excluding hydrogens is 300 g/mol. The summed E-state index contributed by atoms with van der Waals surface area (Å²) in [6, 6.07) is 11.2. The highest BCUT2D eigenvalue weighted by Gasteiger charge is 2.31. The average molecular weight is 317 g/mol. The highest BCUT2D eigenvalue weighted by Crippen LogP contribution is 2.21. The molecule has 1 amide bonds. The third-order valence-corrected chi connectivity index (χ3v) is 4.10. The lowest BCUT2D eigenvalue weighted by Gasteiger charge is -2.39. The fourth-order valence-electron chi connectivity index (χ4n) is 2.44. The number of hydrogen-bond acceptors (Lipinski definition) is 3. The van der Waals surface area contributed by atoms with Crippen LogP contribution in [0.2, 0.25) is 5.02 Å². The highest BCUT2D eigenvalue weighted by molar-refractivity contribution is 6.31. The van der Waals surface area contributed by atoms with E-state index >= 15 is 0 Å². The molecule has 2 aromatic rings. The Balaban J connectivity index is 1.43. The number of halogens is 1. The molecule has 1 fully saturated rings. The van der Waals surface area contributed by atoms with Crippen LogP contribution in [-0.4, -0.2) is 35.5 Å². The van der Waals surface area contributed by atoms with Gasteiger partial charge in [0.25, 0.3) is 0 Å². The minimum atomic E-state index is 0.116. The molecule has 22 heavy (non-hydrogen) atoms. The first kappa shape index (κ1) is 14.9. The molecule has 1 aromatic carbocycles. The number of carbonyl (C=O) groups is 1. The van der Waals surface area contributed by atoms with Crippen LogP contribution in [-0.2, 0) is 11.2 Å². The molecule has 1 saturated heterocycles. The van der Waals surface area contributed by atoms with Crippen molar-refractivity contribution in [1.82, 2.24) is 9.88 Å². The number of carbonyl (C=O) groups excluding carboxylic acids is 1. The molecule has 3 rings (SSSR count). The lowest BCUT2D eigenvalue weighted by Crippen LogP contribution is -2.52. The fourth-order valence-corrected chi connectivity index (χ4v) is 2.64. The number of benzene rings is 1. The van der Waals surface area contributed by atoms with Crippen LogP contribution in [0.5, 0.6) is 5.75 Å². The fraction of sp³-hybridized carbons (Fsp3) is 0.294. The Labute approximate surface area is 134 Å². The number of ether oxygens (including phenoxy) is 1. The topological polar surface area (TPSA) is 42.4 Å². The largest absolute Gasteiger partial charge is 0.492 e. The third-order valence-electron chi connectivity index (χ3n) is 3.73. The van der Waals surface area contributed by atoms with Crippen molar-refractivity contribution in [2.45, 2.75) is 6.42 Å². The number of aromatic nitrogens is 1. The first-order valence-corrected chi connectivity index (χ1v) is 7.64. The summed E-state index contributed by atoms with van der Waals surface area (Å²) in [5.41, 5.74) is 0.879. The molecule has 0 saturated carbocycles. The summed E-state index contributed by atoms with van der Waals surface area (Å²) >= 11 is 6.08. The molecule has 114 valence electrons. The Morgan fingerprint density at radius 3 is 2.82 bits per heavy atom. The van der Waals surface area contributed by atoms with E-state index in [0.717, 1.165) is 24.4 Å². The van der Waals surface area contributed by atoms with Gasteiger partial charge in [-0.1, -0.05) is 29.8 Å². The van der Waals surface area contributed by atoms with E-state index < -0.39 is 0 Å². The van der Waals surface area contributed by atoms with Crippen LogP contribution < -0.4 is 4.74 Å². The molecule has 0 atom stereocenters. The number of nitrogens with zero attached hydrogens (tertiary/aromatic N) is 2. The van der Waals surface area contributed by atoms with Crippen molar-refractivity contribution in [1.29, 1.82) is 0 Å². The van der Waals surface area contributed by atoms with E-state index in [1.165, 1.54) is 0 Å². The molecule has 4 nitrogen and oxygen atoms in total. The van der Waals surface area contributed by atoms with Gasteiger partial charge in [0.1, 0.15) is 5.75 Å². The van der Waals surface area contributed by atoms with Gasteiger partial charge in [0, 0.05) is 30.2 Å². The second-order valence-electron chi connectivity index (χ2n) is 5.43. The van der Waals surface area contributed by atoms with Gasteiger partial charge in [0.15, 0.2) is 0 Å². The van der Waals surface area contributed by atoms with Crippen molar-refractivity contribution in [2.24, 2.45) is 5.92 Å². The summed E-state index contributed by atoms with van der Waals surface area (Å²) in [4.78, 5) is 18.0. The number of amides is 1.